The van der Waals surface area contributed by atoms with Crippen molar-refractivity contribution in [1.29, 1.82) is 0 Å². The Hall–Kier alpha value is -1.62. The molecule has 1 aromatic rings. The predicted molar refractivity (Wildman–Crippen MR) is 63.0 cm³/mol. The zero-order chi connectivity index (χ0) is 12.3. The molecule has 92 valence electrons. The average molecular weight is 236 g/mol. The number of β-amino-alcohol motifs (C(OH)–C–C–N with tert-alkyl or cyclic N) is 1. The van der Waals surface area contributed by atoms with Crippen molar-refractivity contribution < 1.29 is 14.6 Å². The normalized spacial score (nSPS) is 19.4. The van der Waals surface area contributed by atoms with Gasteiger partial charge in [-0.1, -0.05) is 0 Å². The lowest BCUT2D eigenvalue weighted by Crippen LogP contribution is -2.25. The molecule has 1 N–H and O–H groups in total. The Morgan fingerprint density at radius 3 is 3.18 bits per heavy atom. The third kappa shape index (κ3) is 2.55. The van der Waals surface area contributed by atoms with E-state index in [-0.39, 0.29) is 12.1 Å². The molecule has 0 radical (unpaired) electrons. The van der Waals surface area contributed by atoms with Crippen molar-refractivity contribution in [3.63, 3.8) is 0 Å². The fraction of sp³-hybridized carbons (Fsp3) is 0.500. The molecule has 17 heavy (non-hydrogen) atoms. The van der Waals surface area contributed by atoms with Crippen LogP contribution in [0.5, 0.6) is 0 Å². The van der Waals surface area contributed by atoms with E-state index in [4.69, 9.17) is 4.74 Å². The number of anilines is 1. The van der Waals surface area contributed by atoms with Crippen LogP contribution in [0.4, 0.5) is 5.82 Å². The third-order valence-electron chi connectivity index (χ3n) is 2.74. The molecule has 1 aromatic heterocycles. The van der Waals surface area contributed by atoms with E-state index in [1.165, 1.54) is 0 Å². The zero-order valence-electron chi connectivity index (χ0n) is 9.80. The van der Waals surface area contributed by atoms with Gasteiger partial charge >= 0.3 is 5.97 Å². The van der Waals surface area contributed by atoms with Gasteiger partial charge in [0.25, 0.3) is 0 Å². The zero-order valence-corrected chi connectivity index (χ0v) is 9.80. The third-order valence-corrected chi connectivity index (χ3v) is 2.74. The summed E-state index contributed by atoms with van der Waals surface area (Å²) in [5.41, 5.74) is 0.462. The molecule has 0 aromatic carbocycles. The Morgan fingerprint density at radius 1 is 1.71 bits per heavy atom. The summed E-state index contributed by atoms with van der Waals surface area (Å²) in [5.74, 6) is 0.236. The number of ether oxygens (including phenoxy) is 1. The Labute approximate surface area is 100 Å². The molecule has 0 saturated carbocycles. The van der Waals surface area contributed by atoms with Crippen LogP contribution in [0.2, 0.25) is 0 Å². The number of nitrogens with zero attached hydrogens (tertiary/aromatic N) is 2. The Balaban J connectivity index is 2.24. The molecule has 0 amide bonds. The van der Waals surface area contributed by atoms with Gasteiger partial charge < -0.3 is 14.7 Å². The first-order valence-corrected chi connectivity index (χ1v) is 5.77. The summed E-state index contributed by atoms with van der Waals surface area (Å²) in [7, 11) is 0. The summed E-state index contributed by atoms with van der Waals surface area (Å²) in [6.45, 7) is 3.34. The summed E-state index contributed by atoms with van der Waals surface area (Å²) in [6.07, 6.45) is 2.01. The molecule has 0 aliphatic carbocycles. The van der Waals surface area contributed by atoms with E-state index in [1.54, 1.807) is 25.3 Å². The van der Waals surface area contributed by atoms with Crippen LogP contribution in [0, 0.1) is 0 Å². The summed E-state index contributed by atoms with van der Waals surface area (Å²) >= 11 is 0. The van der Waals surface area contributed by atoms with E-state index in [1.807, 2.05) is 4.90 Å². The minimum atomic E-state index is -0.364. The van der Waals surface area contributed by atoms with E-state index in [9.17, 15) is 9.90 Å². The van der Waals surface area contributed by atoms with E-state index in [0.29, 0.717) is 37.5 Å². The number of aromatic nitrogens is 1. The maximum Gasteiger partial charge on any atom is 0.341 e. The quantitative estimate of drug-likeness (QED) is 0.787. The monoisotopic (exact) mass is 236 g/mol. The van der Waals surface area contributed by atoms with Crippen molar-refractivity contribution in [1.82, 2.24) is 4.98 Å². The number of pyridine rings is 1. The van der Waals surface area contributed by atoms with Crippen molar-refractivity contribution in [3.8, 4) is 0 Å². The number of rotatable bonds is 3. The molecule has 5 heteroatoms. The Bertz CT molecular complexity index is 408. The topological polar surface area (TPSA) is 62.7 Å². The van der Waals surface area contributed by atoms with Gasteiger partial charge in [0, 0.05) is 19.3 Å². The number of aliphatic hydroxyl groups is 1. The van der Waals surface area contributed by atoms with Crippen LogP contribution in [-0.4, -0.2) is 41.9 Å². The summed E-state index contributed by atoms with van der Waals surface area (Å²) < 4.78 is 4.99. The number of aliphatic hydroxyl groups excluding tert-OH is 1. The van der Waals surface area contributed by atoms with Gasteiger partial charge in [-0.2, -0.15) is 0 Å². The van der Waals surface area contributed by atoms with Crippen LogP contribution in [-0.2, 0) is 4.74 Å². The fourth-order valence-electron chi connectivity index (χ4n) is 1.95. The summed E-state index contributed by atoms with van der Waals surface area (Å²) in [5, 5.41) is 9.51. The Kier molecular flexibility index (Phi) is 3.58. The predicted octanol–water partition coefficient (Wildman–Crippen LogP) is 0.829. The standard InChI is InChI=1S/C12H16N2O3/c1-2-17-12(16)10-4-3-6-13-11(10)14-7-5-9(15)8-14/h3-4,6,9,15H,2,5,7-8H2,1H3. The molecular weight excluding hydrogens is 220 g/mol. The van der Waals surface area contributed by atoms with Crippen LogP contribution < -0.4 is 4.90 Å². The Morgan fingerprint density at radius 2 is 2.53 bits per heavy atom. The first-order chi connectivity index (χ1) is 8.22. The van der Waals surface area contributed by atoms with E-state index < -0.39 is 0 Å². The van der Waals surface area contributed by atoms with Crippen molar-refractivity contribution in [2.75, 3.05) is 24.6 Å². The highest BCUT2D eigenvalue weighted by atomic mass is 16.5. The van der Waals surface area contributed by atoms with Gasteiger partial charge in [0.05, 0.1) is 12.7 Å². The van der Waals surface area contributed by atoms with Crippen molar-refractivity contribution in [3.05, 3.63) is 23.9 Å². The minimum absolute atomic E-state index is 0.341. The molecule has 1 atom stereocenters. The van der Waals surface area contributed by atoms with E-state index >= 15 is 0 Å². The molecule has 1 saturated heterocycles. The number of carbonyl (C=O) groups excluding carboxylic acids is 1. The lowest BCUT2D eigenvalue weighted by molar-refractivity contribution is 0.0526. The highest BCUT2D eigenvalue weighted by Crippen LogP contribution is 2.22. The van der Waals surface area contributed by atoms with Crippen molar-refractivity contribution in [2.45, 2.75) is 19.4 Å². The maximum atomic E-state index is 11.8. The molecule has 1 fully saturated rings. The first-order valence-electron chi connectivity index (χ1n) is 5.77. The molecule has 0 spiro atoms. The van der Waals surface area contributed by atoms with Crippen LogP contribution in [0.3, 0.4) is 0 Å². The molecule has 1 aliphatic rings. The summed E-state index contributed by atoms with van der Waals surface area (Å²) in [4.78, 5) is 17.9. The van der Waals surface area contributed by atoms with Crippen LogP contribution >= 0.6 is 0 Å². The molecule has 2 rings (SSSR count). The average Bonchev–Trinajstić information content (AvgIpc) is 2.76. The number of esters is 1. The second-order valence-electron chi connectivity index (χ2n) is 3.98. The second kappa shape index (κ2) is 5.14. The molecule has 1 unspecified atom stereocenters. The summed E-state index contributed by atoms with van der Waals surface area (Å²) in [6, 6.07) is 3.41. The number of hydrogen-bond donors (Lipinski definition) is 1. The smallest absolute Gasteiger partial charge is 0.341 e. The largest absolute Gasteiger partial charge is 0.462 e. The van der Waals surface area contributed by atoms with Gasteiger partial charge in [-0.15, -0.1) is 0 Å². The molecule has 5 nitrogen and oxygen atoms in total. The van der Waals surface area contributed by atoms with E-state index in [2.05, 4.69) is 4.98 Å². The lowest BCUT2D eigenvalue weighted by atomic mass is 10.2. The van der Waals surface area contributed by atoms with Crippen molar-refractivity contribution >= 4 is 11.8 Å². The highest BCUT2D eigenvalue weighted by molar-refractivity contribution is 5.94. The maximum absolute atomic E-state index is 11.8. The van der Waals surface area contributed by atoms with Crippen molar-refractivity contribution in [2.24, 2.45) is 0 Å². The SMILES string of the molecule is CCOC(=O)c1cccnc1N1CCC(O)C1. The molecule has 1 aliphatic heterocycles. The molecule has 2 heterocycles. The van der Waals surface area contributed by atoms with Crippen LogP contribution in [0.25, 0.3) is 0 Å². The molecular formula is C12H16N2O3. The number of carbonyl (C=O) groups is 1. The van der Waals surface area contributed by atoms with Gasteiger partial charge in [-0.05, 0) is 25.5 Å². The van der Waals surface area contributed by atoms with Crippen LogP contribution in [0.1, 0.15) is 23.7 Å². The molecule has 0 bridgehead atoms. The van der Waals surface area contributed by atoms with Gasteiger partial charge in [-0.25, -0.2) is 9.78 Å². The number of hydrogen-bond acceptors (Lipinski definition) is 5. The van der Waals surface area contributed by atoms with Gasteiger partial charge in [0.2, 0.25) is 0 Å². The van der Waals surface area contributed by atoms with Crippen LogP contribution in [0.15, 0.2) is 18.3 Å². The highest BCUT2D eigenvalue weighted by Gasteiger charge is 2.25. The second-order valence-corrected chi connectivity index (χ2v) is 3.98. The van der Waals surface area contributed by atoms with Gasteiger partial charge in [-0.3, -0.25) is 0 Å². The minimum Gasteiger partial charge on any atom is -0.462 e. The van der Waals surface area contributed by atoms with Gasteiger partial charge in [0.1, 0.15) is 11.4 Å². The van der Waals surface area contributed by atoms with Gasteiger partial charge in [0.15, 0.2) is 0 Å². The first kappa shape index (κ1) is 11.9. The fourth-order valence-corrected chi connectivity index (χ4v) is 1.95. The van der Waals surface area contributed by atoms with E-state index in [0.717, 1.165) is 0 Å². The lowest BCUT2D eigenvalue weighted by Gasteiger charge is -2.18.